The molecule has 0 heteroatoms. The molecule has 0 bridgehead atoms. The molecule has 0 radical (unpaired) electrons. The number of hydrogen-bond acceptors (Lipinski definition) is 0. The molecule has 0 heterocycles. The molecule has 0 saturated heterocycles. The molecule has 0 aromatic heterocycles. The van der Waals surface area contributed by atoms with Crippen LogP contribution in [0.1, 0.15) is 46.5 Å². The summed E-state index contributed by atoms with van der Waals surface area (Å²) in [6, 6.07) is 0. The van der Waals surface area contributed by atoms with Crippen molar-refractivity contribution in [3.05, 3.63) is 0 Å². The first-order valence-electron chi connectivity index (χ1n) is 4.75. The molecule has 3 atom stereocenters. The Bertz CT molecular complexity index is 86.2. The highest BCUT2D eigenvalue weighted by Crippen LogP contribution is 2.35. The Morgan fingerprint density at radius 3 is 1.90 bits per heavy atom. The lowest BCUT2D eigenvalue weighted by atomic mass is 9.72. The standard InChI is InChI=1S/C10H20/c1-4-10-8(2)6-5-7-9(10)3/h8-10H,4-7H2,1-3H3/t8-,9+,10?. The van der Waals surface area contributed by atoms with E-state index >= 15 is 0 Å². The molecule has 0 N–H and O–H groups in total. The fraction of sp³-hybridized carbons (Fsp3) is 1.00. The van der Waals surface area contributed by atoms with E-state index in [0.717, 1.165) is 17.8 Å². The predicted octanol–water partition coefficient (Wildman–Crippen LogP) is 3.47. The van der Waals surface area contributed by atoms with E-state index in [2.05, 4.69) is 20.8 Å². The van der Waals surface area contributed by atoms with Crippen LogP contribution < -0.4 is 0 Å². The van der Waals surface area contributed by atoms with Crippen LogP contribution in [-0.2, 0) is 0 Å². The SMILES string of the molecule is CCC1[C@H](C)CCC[C@@H]1C. The topological polar surface area (TPSA) is 0 Å². The average Bonchev–Trinajstić information content (AvgIpc) is 1.88. The van der Waals surface area contributed by atoms with Gasteiger partial charge in [-0.05, 0) is 17.8 Å². The van der Waals surface area contributed by atoms with E-state index in [1.807, 2.05) is 0 Å². The van der Waals surface area contributed by atoms with Crippen LogP contribution in [0.15, 0.2) is 0 Å². The molecule has 10 heavy (non-hydrogen) atoms. The van der Waals surface area contributed by atoms with Gasteiger partial charge in [0.1, 0.15) is 0 Å². The fourth-order valence-corrected chi connectivity index (χ4v) is 2.56. The van der Waals surface area contributed by atoms with E-state index in [0.29, 0.717) is 0 Å². The van der Waals surface area contributed by atoms with Crippen LogP contribution in [0.25, 0.3) is 0 Å². The largest absolute Gasteiger partial charge is 0.0651 e. The minimum atomic E-state index is 0.994. The van der Waals surface area contributed by atoms with Crippen molar-refractivity contribution in [3.8, 4) is 0 Å². The Kier molecular flexibility index (Phi) is 2.76. The highest BCUT2D eigenvalue weighted by atomic mass is 14.3. The van der Waals surface area contributed by atoms with Crippen LogP contribution in [0.5, 0.6) is 0 Å². The first-order chi connectivity index (χ1) is 4.75. The molecule has 0 aromatic rings. The van der Waals surface area contributed by atoms with E-state index in [1.54, 1.807) is 0 Å². The zero-order chi connectivity index (χ0) is 7.56. The number of hydrogen-bond donors (Lipinski definition) is 0. The molecule has 0 aromatic carbocycles. The molecule has 1 aliphatic carbocycles. The summed E-state index contributed by atoms with van der Waals surface area (Å²) in [7, 11) is 0. The summed E-state index contributed by atoms with van der Waals surface area (Å²) in [6.45, 7) is 7.18. The summed E-state index contributed by atoms with van der Waals surface area (Å²) in [5.74, 6) is 3.01. The molecule has 1 rings (SSSR count). The summed E-state index contributed by atoms with van der Waals surface area (Å²) >= 11 is 0. The van der Waals surface area contributed by atoms with Crippen LogP contribution in [0, 0.1) is 17.8 Å². The molecule has 0 spiro atoms. The van der Waals surface area contributed by atoms with Crippen LogP contribution in [0.4, 0.5) is 0 Å². The second-order valence-electron chi connectivity index (χ2n) is 3.96. The minimum absolute atomic E-state index is 0.994. The summed E-state index contributed by atoms with van der Waals surface area (Å²) in [6.07, 6.45) is 5.81. The molecule has 0 aliphatic heterocycles. The third-order valence-electron chi connectivity index (χ3n) is 3.25. The molecule has 0 amide bonds. The normalized spacial score (nSPS) is 41.7. The van der Waals surface area contributed by atoms with Gasteiger partial charge in [-0.3, -0.25) is 0 Å². The third kappa shape index (κ3) is 1.53. The van der Waals surface area contributed by atoms with E-state index in [-0.39, 0.29) is 0 Å². The van der Waals surface area contributed by atoms with Crippen LogP contribution in [0.3, 0.4) is 0 Å². The van der Waals surface area contributed by atoms with E-state index < -0.39 is 0 Å². The van der Waals surface area contributed by atoms with Gasteiger partial charge in [0.15, 0.2) is 0 Å². The van der Waals surface area contributed by atoms with Gasteiger partial charge in [0.25, 0.3) is 0 Å². The van der Waals surface area contributed by atoms with Gasteiger partial charge < -0.3 is 0 Å². The molecular formula is C10H20. The Labute approximate surface area is 65.0 Å². The Morgan fingerprint density at radius 1 is 1.10 bits per heavy atom. The number of rotatable bonds is 1. The predicted molar refractivity (Wildman–Crippen MR) is 46.0 cm³/mol. The summed E-state index contributed by atoms with van der Waals surface area (Å²) in [4.78, 5) is 0. The van der Waals surface area contributed by atoms with Crippen molar-refractivity contribution in [1.82, 2.24) is 0 Å². The highest BCUT2D eigenvalue weighted by Gasteiger charge is 2.25. The van der Waals surface area contributed by atoms with Crippen LogP contribution in [0.2, 0.25) is 0 Å². The molecule has 1 saturated carbocycles. The van der Waals surface area contributed by atoms with Gasteiger partial charge in [0.05, 0.1) is 0 Å². The van der Waals surface area contributed by atoms with Gasteiger partial charge in [-0.1, -0.05) is 46.5 Å². The van der Waals surface area contributed by atoms with Crippen LogP contribution >= 0.6 is 0 Å². The smallest absolute Gasteiger partial charge is 0.0365 e. The van der Waals surface area contributed by atoms with Gasteiger partial charge in [-0.2, -0.15) is 0 Å². The monoisotopic (exact) mass is 140 g/mol. The second-order valence-corrected chi connectivity index (χ2v) is 3.96. The zero-order valence-electron chi connectivity index (χ0n) is 7.56. The maximum absolute atomic E-state index is 2.42. The second kappa shape index (κ2) is 3.41. The molecule has 1 fully saturated rings. The summed E-state index contributed by atoms with van der Waals surface area (Å²) in [5.41, 5.74) is 0. The Balaban J connectivity index is 2.45. The maximum Gasteiger partial charge on any atom is -0.0365 e. The lowest BCUT2D eigenvalue weighted by Gasteiger charge is -2.33. The van der Waals surface area contributed by atoms with E-state index in [4.69, 9.17) is 0 Å². The summed E-state index contributed by atoms with van der Waals surface area (Å²) in [5, 5.41) is 0. The molecule has 1 aliphatic rings. The van der Waals surface area contributed by atoms with Crippen molar-refractivity contribution >= 4 is 0 Å². The Morgan fingerprint density at radius 2 is 1.60 bits per heavy atom. The first kappa shape index (κ1) is 8.10. The molecule has 60 valence electrons. The van der Waals surface area contributed by atoms with Gasteiger partial charge in [0, 0.05) is 0 Å². The van der Waals surface area contributed by atoms with Crippen molar-refractivity contribution in [2.24, 2.45) is 17.8 Å². The fourth-order valence-electron chi connectivity index (χ4n) is 2.56. The maximum atomic E-state index is 2.42. The Hall–Kier alpha value is 0. The molecule has 0 nitrogen and oxygen atoms in total. The van der Waals surface area contributed by atoms with Crippen molar-refractivity contribution in [3.63, 3.8) is 0 Å². The van der Waals surface area contributed by atoms with Gasteiger partial charge >= 0.3 is 0 Å². The van der Waals surface area contributed by atoms with Crippen molar-refractivity contribution in [1.29, 1.82) is 0 Å². The lowest BCUT2D eigenvalue weighted by Crippen LogP contribution is -2.23. The average molecular weight is 140 g/mol. The third-order valence-corrected chi connectivity index (χ3v) is 3.25. The quantitative estimate of drug-likeness (QED) is 0.523. The van der Waals surface area contributed by atoms with Gasteiger partial charge in [0.2, 0.25) is 0 Å². The molecule has 1 unspecified atom stereocenters. The minimum Gasteiger partial charge on any atom is -0.0651 e. The van der Waals surface area contributed by atoms with Crippen LogP contribution in [-0.4, -0.2) is 0 Å². The zero-order valence-corrected chi connectivity index (χ0v) is 7.56. The summed E-state index contributed by atoms with van der Waals surface area (Å²) < 4.78 is 0. The van der Waals surface area contributed by atoms with E-state index in [9.17, 15) is 0 Å². The van der Waals surface area contributed by atoms with Gasteiger partial charge in [-0.25, -0.2) is 0 Å². The first-order valence-corrected chi connectivity index (χ1v) is 4.75. The van der Waals surface area contributed by atoms with Crippen molar-refractivity contribution in [2.75, 3.05) is 0 Å². The molecular weight excluding hydrogens is 120 g/mol. The van der Waals surface area contributed by atoms with Crippen molar-refractivity contribution < 1.29 is 0 Å². The highest BCUT2D eigenvalue weighted by molar-refractivity contribution is 4.76. The van der Waals surface area contributed by atoms with Crippen molar-refractivity contribution in [2.45, 2.75) is 46.5 Å². The lowest BCUT2D eigenvalue weighted by molar-refractivity contribution is 0.174. The van der Waals surface area contributed by atoms with Gasteiger partial charge in [-0.15, -0.1) is 0 Å². The van der Waals surface area contributed by atoms with E-state index in [1.165, 1.54) is 25.7 Å².